The molecular weight excluding hydrogens is 469 g/mol. The number of nitrogens with zero attached hydrogens (tertiary/aromatic N) is 5. The number of rotatable bonds is 6. The Hall–Kier alpha value is -4.26. The molecule has 0 N–H and O–H groups in total. The standard InChI is InChI=1S/C31H32BN5O/c1-21(2)26-11-7-12-27(22(3)4)30(26)32-35(5)29-14-13-25(20-28(29)31-33-16-18-36(31)32)38-24-10-6-9-23(19-24)37-17-8-15-34-37/h6-22H,1-5H3. The predicted molar refractivity (Wildman–Crippen MR) is 155 cm³/mol. The number of anilines is 1. The Labute approximate surface area is 224 Å². The topological polar surface area (TPSA) is 48.1 Å². The summed E-state index contributed by atoms with van der Waals surface area (Å²) in [4.78, 5) is 7.20. The number of imidazole rings is 1. The first kappa shape index (κ1) is 24.1. The van der Waals surface area contributed by atoms with Crippen LogP contribution in [0.1, 0.15) is 50.7 Å². The Balaban J connectivity index is 1.41. The van der Waals surface area contributed by atoms with Gasteiger partial charge in [-0.1, -0.05) is 52.0 Å². The van der Waals surface area contributed by atoms with Crippen LogP contribution < -0.4 is 15.0 Å². The summed E-state index contributed by atoms with van der Waals surface area (Å²) in [6, 6.07) is 22.9. The molecule has 0 fully saturated rings. The maximum atomic E-state index is 6.33. The van der Waals surface area contributed by atoms with Gasteiger partial charge in [0, 0.05) is 42.1 Å². The molecule has 38 heavy (non-hydrogen) atoms. The van der Waals surface area contributed by atoms with E-state index in [4.69, 9.17) is 9.72 Å². The maximum Gasteiger partial charge on any atom is 0.417 e. The molecule has 190 valence electrons. The fraction of sp³-hybridized carbons (Fsp3) is 0.226. The van der Waals surface area contributed by atoms with Crippen LogP contribution >= 0.6 is 0 Å². The molecule has 7 heteroatoms. The second-order valence-electron chi connectivity index (χ2n) is 10.5. The molecule has 1 aliphatic heterocycles. The monoisotopic (exact) mass is 501 g/mol. The first-order chi connectivity index (χ1) is 18.4. The summed E-state index contributed by atoms with van der Waals surface area (Å²) in [5.41, 5.74) is 7.29. The molecule has 0 atom stereocenters. The lowest BCUT2D eigenvalue weighted by molar-refractivity contribution is 0.482. The third-order valence-corrected chi connectivity index (χ3v) is 7.39. The van der Waals surface area contributed by atoms with E-state index in [-0.39, 0.29) is 6.98 Å². The summed E-state index contributed by atoms with van der Waals surface area (Å²) in [7, 11) is 2.18. The van der Waals surface area contributed by atoms with Gasteiger partial charge >= 0.3 is 6.98 Å². The van der Waals surface area contributed by atoms with Gasteiger partial charge in [0.2, 0.25) is 0 Å². The number of aromatic nitrogens is 4. The minimum absolute atomic E-state index is 0.0218. The Kier molecular flexibility index (Phi) is 6.07. The minimum Gasteiger partial charge on any atom is -0.457 e. The second kappa shape index (κ2) is 9.56. The number of ether oxygens (including phenoxy) is 1. The van der Waals surface area contributed by atoms with E-state index in [1.165, 1.54) is 16.6 Å². The smallest absolute Gasteiger partial charge is 0.417 e. The Bertz CT molecular complexity index is 1560. The summed E-state index contributed by atoms with van der Waals surface area (Å²) >= 11 is 0. The van der Waals surface area contributed by atoms with Gasteiger partial charge in [-0.2, -0.15) is 5.10 Å². The van der Waals surface area contributed by atoms with E-state index in [9.17, 15) is 0 Å². The first-order valence-electron chi connectivity index (χ1n) is 13.2. The van der Waals surface area contributed by atoms with E-state index in [0.29, 0.717) is 11.8 Å². The Morgan fingerprint density at radius 1 is 0.789 bits per heavy atom. The van der Waals surface area contributed by atoms with E-state index in [2.05, 4.69) is 85.7 Å². The summed E-state index contributed by atoms with van der Waals surface area (Å²) in [6.07, 6.45) is 7.69. The van der Waals surface area contributed by atoms with Gasteiger partial charge < -0.3 is 14.0 Å². The van der Waals surface area contributed by atoms with Crippen molar-refractivity contribution < 1.29 is 4.74 Å². The molecule has 0 saturated carbocycles. The molecule has 2 aromatic heterocycles. The zero-order chi connectivity index (χ0) is 26.4. The molecular formula is C31H32BN5O. The third kappa shape index (κ3) is 4.08. The van der Waals surface area contributed by atoms with Crippen LogP contribution in [0.2, 0.25) is 0 Å². The van der Waals surface area contributed by atoms with E-state index >= 15 is 0 Å². The first-order valence-corrected chi connectivity index (χ1v) is 13.2. The van der Waals surface area contributed by atoms with E-state index in [1.54, 1.807) is 6.20 Å². The van der Waals surface area contributed by atoms with Crippen LogP contribution in [0.3, 0.4) is 0 Å². The van der Waals surface area contributed by atoms with Crippen LogP contribution in [0.4, 0.5) is 5.69 Å². The van der Waals surface area contributed by atoms with Gasteiger partial charge in [0.1, 0.15) is 17.3 Å². The van der Waals surface area contributed by atoms with Crippen molar-refractivity contribution in [1.29, 1.82) is 0 Å². The lowest BCUT2D eigenvalue weighted by atomic mass is 9.58. The normalized spacial score (nSPS) is 12.7. The maximum absolute atomic E-state index is 6.33. The van der Waals surface area contributed by atoms with Crippen LogP contribution in [0.25, 0.3) is 17.1 Å². The van der Waals surface area contributed by atoms with Gasteiger partial charge in [-0.15, -0.1) is 0 Å². The van der Waals surface area contributed by atoms with Gasteiger partial charge in [-0.3, -0.25) is 0 Å². The van der Waals surface area contributed by atoms with Gasteiger partial charge in [0.05, 0.1) is 5.69 Å². The molecule has 0 bridgehead atoms. The molecule has 0 unspecified atom stereocenters. The zero-order valence-electron chi connectivity index (χ0n) is 22.5. The van der Waals surface area contributed by atoms with E-state index in [1.807, 2.05) is 53.5 Å². The molecule has 6 rings (SSSR count). The summed E-state index contributed by atoms with van der Waals surface area (Å²) in [5.74, 6) is 3.31. The fourth-order valence-corrected chi connectivity index (χ4v) is 5.59. The Morgan fingerprint density at radius 2 is 1.53 bits per heavy atom. The number of benzene rings is 3. The van der Waals surface area contributed by atoms with Crippen molar-refractivity contribution in [1.82, 2.24) is 19.2 Å². The number of hydrogen-bond donors (Lipinski definition) is 0. The van der Waals surface area contributed by atoms with Gasteiger partial charge in [-0.25, -0.2) is 9.67 Å². The molecule has 3 heterocycles. The zero-order valence-corrected chi connectivity index (χ0v) is 22.5. The molecule has 0 spiro atoms. The minimum atomic E-state index is 0.0218. The Morgan fingerprint density at radius 3 is 2.24 bits per heavy atom. The van der Waals surface area contributed by atoms with Crippen LogP contribution in [-0.2, 0) is 0 Å². The fourth-order valence-electron chi connectivity index (χ4n) is 5.59. The van der Waals surface area contributed by atoms with Crippen molar-refractivity contribution in [3.63, 3.8) is 0 Å². The highest BCUT2D eigenvalue weighted by molar-refractivity contribution is 6.77. The highest BCUT2D eigenvalue weighted by atomic mass is 16.5. The summed E-state index contributed by atoms with van der Waals surface area (Å²) in [6.45, 7) is 9.13. The van der Waals surface area contributed by atoms with Gasteiger partial charge in [0.25, 0.3) is 0 Å². The highest BCUT2D eigenvalue weighted by Gasteiger charge is 2.38. The van der Waals surface area contributed by atoms with Crippen LogP contribution in [0.5, 0.6) is 11.5 Å². The lowest BCUT2D eigenvalue weighted by Gasteiger charge is -2.37. The molecule has 5 aromatic rings. The molecule has 0 aliphatic carbocycles. The SMILES string of the molecule is CC(C)c1cccc(C(C)C)c1B1N(C)c2ccc(Oc3cccc(-n4cccn4)c3)cc2-c2nccn21. The average Bonchev–Trinajstić information content (AvgIpc) is 3.62. The van der Waals surface area contributed by atoms with Crippen molar-refractivity contribution in [3.8, 4) is 28.6 Å². The summed E-state index contributed by atoms with van der Waals surface area (Å²) < 4.78 is 10.5. The third-order valence-electron chi connectivity index (χ3n) is 7.39. The molecule has 0 saturated heterocycles. The number of hydrogen-bond acceptors (Lipinski definition) is 4. The van der Waals surface area contributed by atoms with Crippen molar-refractivity contribution >= 4 is 18.1 Å². The largest absolute Gasteiger partial charge is 0.457 e. The second-order valence-corrected chi connectivity index (χ2v) is 10.5. The summed E-state index contributed by atoms with van der Waals surface area (Å²) in [5, 5.41) is 4.33. The molecule has 0 amide bonds. The van der Waals surface area contributed by atoms with Crippen LogP contribution in [-0.4, -0.2) is 33.3 Å². The molecule has 6 nitrogen and oxygen atoms in total. The van der Waals surface area contributed by atoms with Crippen LogP contribution in [0.15, 0.2) is 91.5 Å². The van der Waals surface area contributed by atoms with Gasteiger partial charge in [0.15, 0.2) is 0 Å². The van der Waals surface area contributed by atoms with E-state index < -0.39 is 0 Å². The van der Waals surface area contributed by atoms with E-state index in [0.717, 1.165) is 34.3 Å². The average molecular weight is 501 g/mol. The number of fused-ring (bicyclic) bond motifs is 3. The van der Waals surface area contributed by atoms with Crippen molar-refractivity contribution in [3.05, 3.63) is 103 Å². The predicted octanol–water partition coefficient (Wildman–Crippen LogP) is 6.47. The molecule has 0 radical (unpaired) electrons. The highest BCUT2D eigenvalue weighted by Crippen LogP contribution is 2.39. The van der Waals surface area contributed by atoms with Crippen LogP contribution in [0, 0.1) is 0 Å². The van der Waals surface area contributed by atoms with Crippen molar-refractivity contribution in [2.45, 2.75) is 39.5 Å². The van der Waals surface area contributed by atoms with Crippen molar-refractivity contribution in [2.75, 3.05) is 11.9 Å². The molecule has 1 aliphatic rings. The van der Waals surface area contributed by atoms with Crippen molar-refractivity contribution in [2.24, 2.45) is 0 Å². The quantitative estimate of drug-likeness (QED) is 0.250. The van der Waals surface area contributed by atoms with Gasteiger partial charge in [-0.05, 0) is 71.9 Å². The molecule has 3 aromatic carbocycles. The lowest BCUT2D eigenvalue weighted by Crippen LogP contribution is -2.56.